The molecule has 2 N–H and O–H groups in total. The molecule has 1 amide bonds. The molecule has 218 valence electrons. The van der Waals surface area contributed by atoms with Crippen molar-refractivity contribution < 1.29 is 18.8 Å². The van der Waals surface area contributed by atoms with E-state index in [-0.39, 0.29) is 6.09 Å². The number of benzene rings is 2. The molecule has 2 aromatic carbocycles. The average molecular weight is 598 g/mol. The average Bonchev–Trinajstić information content (AvgIpc) is 3.40. The number of likely N-dealkylation sites (tertiary alicyclic amines) is 1. The van der Waals surface area contributed by atoms with Crippen LogP contribution in [-0.4, -0.2) is 59.6 Å². The Morgan fingerprint density at radius 2 is 1.83 bits per heavy atom. The van der Waals surface area contributed by atoms with Crippen molar-refractivity contribution in [3.63, 3.8) is 0 Å². The van der Waals surface area contributed by atoms with Crippen LogP contribution in [0, 0.1) is 0 Å². The van der Waals surface area contributed by atoms with E-state index in [9.17, 15) is 9.36 Å². The van der Waals surface area contributed by atoms with Gasteiger partial charge in [0.1, 0.15) is 23.5 Å². The van der Waals surface area contributed by atoms with Crippen LogP contribution in [0.5, 0.6) is 5.75 Å². The van der Waals surface area contributed by atoms with Crippen LogP contribution in [0.2, 0.25) is 5.02 Å². The molecule has 0 unspecified atom stereocenters. The lowest BCUT2D eigenvalue weighted by Gasteiger charge is -2.34. The molecule has 0 spiro atoms. The highest BCUT2D eigenvalue weighted by molar-refractivity contribution is 7.70. The van der Waals surface area contributed by atoms with Gasteiger partial charge in [-0.2, -0.15) is 4.98 Å². The Balaban J connectivity index is 1.32. The molecule has 2 aliphatic heterocycles. The van der Waals surface area contributed by atoms with E-state index in [4.69, 9.17) is 21.1 Å². The maximum atomic E-state index is 12.8. The molecule has 11 heteroatoms. The van der Waals surface area contributed by atoms with Crippen molar-refractivity contribution in [2.45, 2.75) is 51.6 Å². The third-order valence-electron chi connectivity index (χ3n) is 7.21. The third kappa shape index (κ3) is 6.79. The SMILES string of the molecule is CC(C)(C)OC(=O)N1CCC(c2ccc(Nc3ncc(Cl)c(Nc4ccccc4P(C)(C)=O)n3)c3c2CCO3)CC1. The number of carbonyl (C=O) groups is 1. The van der Waals surface area contributed by atoms with E-state index in [1.165, 1.54) is 17.3 Å². The quantitative estimate of drug-likeness (QED) is 0.295. The van der Waals surface area contributed by atoms with Gasteiger partial charge in [-0.1, -0.05) is 29.8 Å². The van der Waals surface area contributed by atoms with E-state index in [1.807, 2.05) is 51.1 Å². The molecule has 3 heterocycles. The summed E-state index contributed by atoms with van der Waals surface area (Å²) < 4.78 is 24.4. The number of anilines is 4. The van der Waals surface area contributed by atoms with Crippen molar-refractivity contribution in [2.24, 2.45) is 0 Å². The molecule has 1 aromatic heterocycles. The largest absolute Gasteiger partial charge is 0.491 e. The van der Waals surface area contributed by atoms with E-state index in [0.29, 0.717) is 48.1 Å². The second-order valence-corrected chi connectivity index (χ2v) is 15.4. The second-order valence-electron chi connectivity index (χ2n) is 11.9. The fourth-order valence-electron chi connectivity index (χ4n) is 5.31. The van der Waals surface area contributed by atoms with Crippen LogP contribution in [-0.2, 0) is 15.7 Å². The number of halogens is 1. The first kappa shape index (κ1) is 29.2. The molecule has 41 heavy (non-hydrogen) atoms. The van der Waals surface area contributed by atoms with Crippen molar-refractivity contribution in [1.29, 1.82) is 0 Å². The van der Waals surface area contributed by atoms with Crippen LogP contribution in [0.15, 0.2) is 42.6 Å². The molecule has 1 fully saturated rings. The highest BCUT2D eigenvalue weighted by Gasteiger charge is 2.31. The van der Waals surface area contributed by atoms with E-state index in [2.05, 4.69) is 26.7 Å². The zero-order valence-corrected chi connectivity index (χ0v) is 25.8. The van der Waals surface area contributed by atoms with Gasteiger partial charge in [-0.25, -0.2) is 9.78 Å². The molecule has 0 aliphatic carbocycles. The number of hydrogen-bond acceptors (Lipinski definition) is 8. The van der Waals surface area contributed by atoms with Crippen LogP contribution in [0.1, 0.15) is 50.7 Å². The van der Waals surface area contributed by atoms with Gasteiger partial charge in [-0.3, -0.25) is 0 Å². The summed E-state index contributed by atoms with van der Waals surface area (Å²) in [5, 5.41) is 7.62. The van der Waals surface area contributed by atoms with Crippen molar-refractivity contribution >= 4 is 53.3 Å². The van der Waals surface area contributed by atoms with Crippen molar-refractivity contribution in [3.8, 4) is 5.75 Å². The summed E-state index contributed by atoms with van der Waals surface area (Å²) >= 11 is 6.44. The highest BCUT2D eigenvalue weighted by atomic mass is 35.5. The first-order valence-corrected chi connectivity index (χ1v) is 16.8. The highest BCUT2D eigenvalue weighted by Crippen LogP contribution is 2.43. The fraction of sp³-hybridized carbons (Fsp3) is 0.433. The predicted molar refractivity (Wildman–Crippen MR) is 165 cm³/mol. The minimum atomic E-state index is -2.52. The van der Waals surface area contributed by atoms with Gasteiger partial charge in [0.05, 0.1) is 24.2 Å². The van der Waals surface area contributed by atoms with E-state index in [0.717, 1.165) is 36.0 Å². The van der Waals surface area contributed by atoms with Gasteiger partial charge in [0.25, 0.3) is 0 Å². The van der Waals surface area contributed by atoms with E-state index in [1.54, 1.807) is 18.2 Å². The van der Waals surface area contributed by atoms with Crippen molar-refractivity contribution in [1.82, 2.24) is 14.9 Å². The molecule has 3 aromatic rings. The van der Waals surface area contributed by atoms with Gasteiger partial charge in [0.15, 0.2) is 5.82 Å². The zero-order chi connectivity index (χ0) is 29.4. The minimum Gasteiger partial charge on any atom is -0.491 e. The monoisotopic (exact) mass is 597 g/mol. The molecule has 2 aliphatic rings. The number of rotatable bonds is 6. The Morgan fingerprint density at radius 3 is 2.54 bits per heavy atom. The normalized spacial score (nSPS) is 15.7. The second kappa shape index (κ2) is 11.5. The van der Waals surface area contributed by atoms with Crippen molar-refractivity contribution in [2.75, 3.05) is 43.7 Å². The summed E-state index contributed by atoms with van der Waals surface area (Å²) in [6.45, 7) is 11.1. The Hall–Kier alpha value is -3.29. The maximum Gasteiger partial charge on any atom is 0.410 e. The number of amides is 1. The zero-order valence-electron chi connectivity index (χ0n) is 24.2. The van der Waals surface area contributed by atoms with Gasteiger partial charge >= 0.3 is 6.09 Å². The lowest BCUT2D eigenvalue weighted by atomic mass is 9.85. The summed E-state index contributed by atoms with van der Waals surface area (Å²) in [5.41, 5.74) is 3.44. The lowest BCUT2D eigenvalue weighted by Crippen LogP contribution is -2.41. The first-order chi connectivity index (χ1) is 19.4. The Bertz CT molecular complexity index is 1490. The number of ether oxygens (including phenoxy) is 2. The molecule has 0 bridgehead atoms. The summed E-state index contributed by atoms with van der Waals surface area (Å²) in [6.07, 6.45) is 3.86. The Morgan fingerprint density at radius 1 is 1.10 bits per heavy atom. The van der Waals surface area contributed by atoms with Gasteiger partial charge in [-0.15, -0.1) is 0 Å². The van der Waals surface area contributed by atoms with Crippen LogP contribution in [0.25, 0.3) is 0 Å². The summed E-state index contributed by atoms with van der Waals surface area (Å²) in [7, 11) is -2.52. The number of para-hydroxylation sites is 1. The van der Waals surface area contributed by atoms with Crippen molar-refractivity contribution in [3.05, 3.63) is 58.7 Å². The van der Waals surface area contributed by atoms with Crippen LogP contribution >= 0.6 is 18.7 Å². The van der Waals surface area contributed by atoms with Gasteiger partial charge in [0, 0.05) is 30.4 Å². The summed E-state index contributed by atoms with van der Waals surface area (Å²) in [6, 6.07) is 11.6. The molecule has 1 saturated heterocycles. The first-order valence-electron chi connectivity index (χ1n) is 13.9. The molecule has 5 rings (SSSR count). The standard InChI is InChI=1S/C30H37ClN5O4P/c1-30(2,3)40-29(37)36-15-12-19(13-16-36)20-10-11-24(26-21(20)14-17-39-26)34-28-32-18-22(31)27(35-28)33-23-8-6-7-9-25(23)41(4,5)38/h6-11,18-19H,12-17H2,1-5H3,(H2,32,33,34,35). The summed E-state index contributed by atoms with van der Waals surface area (Å²) in [5.74, 6) is 1.93. The van der Waals surface area contributed by atoms with E-state index < -0.39 is 12.7 Å². The van der Waals surface area contributed by atoms with Gasteiger partial charge in [-0.05, 0) is 76.6 Å². The number of piperidine rings is 1. The molecule has 0 atom stereocenters. The number of hydrogen-bond donors (Lipinski definition) is 2. The molecular weight excluding hydrogens is 561 g/mol. The fourth-order valence-corrected chi connectivity index (χ4v) is 6.61. The Kier molecular flexibility index (Phi) is 8.22. The molecule has 9 nitrogen and oxygen atoms in total. The minimum absolute atomic E-state index is 0.247. The lowest BCUT2D eigenvalue weighted by molar-refractivity contribution is 0.0204. The molecular formula is C30H37ClN5O4P. The van der Waals surface area contributed by atoms with Crippen LogP contribution in [0.3, 0.4) is 0 Å². The number of aromatic nitrogens is 2. The molecule has 0 saturated carbocycles. The van der Waals surface area contributed by atoms with E-state index >= 15 is 0 Å². The third-order valence-corrected chi connectivity index (χ3v) is 9.04. The number of nitrogens with zero attached hydrogens (tertiary/aromatic N) is 3. The maximum absolute atomic E-state index is 12.8. The smallest absolute Gasteiger partial charge is 0.410 e. The predicted octanol–water partition coefficient (Wildman–Crippen LogP) is 6.91. The van der Waals surface area contributed by atoms with Crippen LogP contribution in [0.4, 0.5) is 27.9 Å². The Labute approximate surface area is 246 Å². The number of fused-ring (bicyclic) bond motifs is 1. The van der Waals surface area contributed by atoms with Crippen LogP contribution < -0.4 is 20.7 Å². The van der Waals surface area contributed by atoms with Gasteiger partial charge < -0.3 is 29.6 Å². The number of carbonyl (C=O) groups excluding carboxylic acids is 1. The number of nitrogens with one attached hydrogen (secondary N) is 2. The molecule has 0 radical (unpaired) electrons. The van der Waals surface area contributed by atoms with Gasteiger partial charge in [0.2, 0.25) is 5.95 Å². The summed E-state index contributed by atoms with van der Waals surface area (Å²) in [4.78, 5) is 23.3. The topological polar surface area (TPSA) is 106 Å².